The Morgan fingerprint density at radius 2 is 0.940 bits per heavy atom. The van der Waals surface area contributed by atoms with Gasteiger partial charge in [-0.1, -0.05) is 97.1 Å². The number of anilines is 3. The molecule has 0 bridgehead atoms. The van der Waals surface area contributed by atoms with Gasteiger partial charge in [0.05, 0.1) is 16.8 Å². The summed E-state index contributed by atoms with van der Waals surface area (Å²) in [6, 6.07) is 47.6. The summed E-state index contributed by atoms with van der Waals surface area (Å²) in [5.74, 6) is 2.00. The number of thiophene rings is 2. The number of fused-ring (bicyclic) bond motifs is 9. The van der Waals surface area contributed by atoms with Crippen LogP contribution in [0.2, 0.25) is 0 Å². The van der Waals surface area contributed by atoms with Crippen molar-refractivity contribution in [3.63, 3.8) is 0 Å². The lowest BCUT2D eigenvalue weighted by atomic mass is 9.65. The van der Waals surface area contributed by atoms with Crippen LogP contribution in [-0.2, 0) is 5.41 Å². The lowest BCUT2D eigenvalue weighted by molar-refractivity contribution is 0.756. The van der Waals surface area contributed by atoms with Gasteiger partial charge in [0.2, 0.25) is 0 Å². The first-order valence-electron chi connectivity index (χ1n) is 16.8. The number of aryl methyl sites for hydroxylation is 2. The standard InChI is InChI=1S/C44H30N4S2/c1-27-26-38(28(2)25-31(27)43-46-41(29-13-5-3-6-14-29)45-42(47-43)30-15-7-4-8-16-30)48-36-19-11-9-17-32(36)44(33-18-10-12-20-37(33)48)34-21-23-49-39(34)40-35(44)22-24-50-40/h3-26H,1-2H3. The zero-order chi connectivity index (χ0) is 33.4. The number of para-hydroxylation sites is 2. The Kier molecular flexibility index (Phi) is 6.53. The zero-order valence-corrected chi connectivity index (χ0v) is 29.1. The van der Waals surface area contributed by atoms with Gasteiger partial charge < -0.3 is 4.90 Å². The fourth-order valence-corrected chi connectivity index (χ4v) is 10.1. The van der Waals surface area contributed by atoms with E-state index in [4.69, 9.17) is 15.0 Å². The molecule has 0 fully saturated rings. The van der Waals surface area contributed by atoms with Crippen molar-refractivity contribution in [3.8, 4) is 43.9 Å². The molecule has 4 nitrogen and oxygen atoms in total. The van der Waals surface area contributed by atoms with Crippen molar-refractivity contribution in [2.24, 2.45) is 0 Å². The van der Waals surface area contributed by atoms with Crippen LogP contribution in [0.4, 0.5) is 17.1 Å². The largest absolute Gasteiger partial charge is 0.310 e. The molecule has 1 spiro atoms. The van der Waals surface area contributed by atoms with Gasteiger partial charge in [-0.25, -0.2) is 15.0 Å². The zero-order valence-electron chi connectivity index (χ0n) is 27.5. The first kappa shape index (κ1) is 29.2. The monoisotopic (exact) mass is 678 g/mol. The first-order chi connectivity index (χ1) is 24.6. The number of aromatic nitrogens is 3. The predicted octanol–water partition coefficient (Wildman–Crippen LogP) is 11.8. The van der Waals surface area contributed by atoms with Crippen LogP contribution in [0.15, 0.2) is 144 Å². The van der Waals surface area contributed by atoms with Crippen molar-refractivity contribution in [1.82, 2.24) is 15.0 Å². The van der Waals surface area contributed by atoms with E-state index < -0.39 is 0 Å². The Morgan fingerprint density at radius 3 is 1.48 bits per heavy atom. The van der Waals surface area contributed by atoms with Gasteiger partial charge in [0.1, 0.15) is 0 Å². The number of rotatable bonds is 4. The molecule has 238 valence electrons. The van der Waals surface area contributed by atoms with Crippen molar-refractivity contribution in [2.45, 2.75) is 19.3 Å². The van der Waals surface area contributed by atoms with E-state index >= 15 is 0 Å². The van der Waals surface area contributed by atoms with Gasteiger partial charge in [-0.3, -0.25) is 0 Å². The van der Waals surface area contributed by atoms with E-state index in [1.807, 2.05) is 59.1 Å². The molecule has 0 saturated heterocycles. The van der Waals surface area contributed by atoms with E-state index in [0.29, 0.717) is 17.5 Å². The molecule has 10 rings (SSSR count). The minimum atomic E-state index is -0.357. The number of benzene rings is 5. The highest BCUT2D eigenvalue weighted by Crippen LogP contribution is 2.65. The van der Waals surface area contributed by atoms with E-state index in [-0.39, 0.29) is 5.41 Å². The summed E-state index contributed by atoms with van der Waals surface area (Å²) in [6.45, 7) is 4.37. The molecule has 1 aliphatic heterocycles. The first-order valence-corrected chi connectivity index (χ1v) is 18.5. The Bertz CT molecular complexity index is 2440. The van der Waals surface area contributed by atoms with Crippen LogP contribution in [0, 0.1) is 13.8 Å². The maximum atomic E-state index is 5.06. The molecule has 5 aromatic carbocycles. The fourth-order valence-electron chi connectivity index (χ4n) is 8.00. The summed E-state index contributed by atoms with van der Waals surface area (Å²) < 4.78 is 0. The number of nitrogens with zero attached hydrogens (tertiary/aromatic N) is 4. The Morgan fingerprint density at radius 1 is 0.460 bits per heavy atom. The summed E-state index contributed by atoms with van der Waals surface area (Å²) in [5, 5.41) is 4.51. The third kappa shape index (κ3) is 4.12. The van der Waals surface area contributed by atoms with Crippen LogP contribution in [0.5, 0.6) is 0 Å². The molecule has 0 radical (unpaired) electrons. The molecule has 0 N–H and O–H groups in total. The SMILES string of the molecule is Cc1cc(N2c3ccccc3C3(c4ccccc42)c2ccsc2-c2sccc23)c(C)cc1-c1nc(-c2ccccc2)nc(-c2ccccc2)n1. The smallest absolute Gasteiger partial charge is 0.164 e. The van der Waals surface area contributed by atoms with Crippen LogP contribution in [0.3, 0.4) is 0 Å². The summed E-state index contributed by atoms with van der Waals surface area (Å²) in [4.78, 5) is 20.3. The Balaban J connectivity index is 1.17. The molecule has 0 unspecified atom stereocenters. The van der Waals surface area contributed by atoms with E-state index in [2.05, 4.69) is 127 Å². The van der Waals surface area contributed by atoms with E-state index in [1.54, 1.807) is 0 Å². The molecule has 0 atom stereocenters. The van der Waals surface area contributed by atoms with Crippen molar-refractivity contribution in [1.29, 1.82) is 0 Å². The highest BCUT2D eigenvalue weighted by molar-refractivity contribution is 7.21. The number of hydrogen-bond donors (Lipinski definition) is 0. The second kappa shape index (κ2) is 11.2. The summed E-state index contributed by atoms with van der Waals surface area (Å²) in [5.41, 5.74) is 13.8. The average Bonchev–Trinajstić information content (AvgIpc) is 3.90. The van der Waals surface area contributed by atoms with Crippen molar-refractivity contribution in [3.05, 3.63) is 178 Å². The normalized spacial score (nSPS) is 13.5. The highest BCUT2D eigenvalue weighted by atomic mass is 32.1. The second-order valence-electron chi connectivity index (χ2n) is 12.9. The topological polar surface area (TPSA) is 41.9 Å². The van der Waals surface area contributed by atoms with Crippen LogP contribution >= 0.6 is 22.7 Å². The molecule has 8 aromatic rings. The van der Waals surface area contributed by atoms with Crippen LogP contribution < -0.4 is 4.90 Å². The molecular weight excluding hydrogens is 649 g/mol. The lowest BCUT2D eigenvalue weighted by Crippen LogP contribution is -2.36. The average molecular weight is 679 g/mol. The third-order valence-electron chi connectivity index (χ3n) is 10.2. The van der Waals surface area contributed by atoms with Crippen LogP contribution in [0.25, 0.3) is 43.9 Å². The fraction of sp³-hybridized carbons (Fsp3) is 0.0682. The van der Waals surface area contributed by atoms with Crippen molar-refractivity contribution in [2.75, 3.05) is 4.90 Å². The molecule has 3 aromatic heterocycles. The van der Waals surface area contributed by atoms with Crippen molar-refractivity contribution >= 4 is 39.7 Å². The van der Waals surface area contributed by atoms with E-state index in [1.165, 1.54) is 43.4 Å². The molecule has 0 saturated carbocycles. The summed E-state index contributed by atoms with van der Waals surface area (Å²) in [6.07, 6.45) is 0. The van der Waals surface area contributed by atoms with E-state index in [0.717, 1.165) is 33.5 Å². The lowest BCUT2D eigenvalue weighted by Gasteiger charge is -2.44. The van der Waals surface area contributed by atoms with Crippen LogP contribution in [0.1, 0.15) is 33.4 Å². The van der Waals surface area contributed by atoms with E-state index in [9.17, 15) is 0 Å². The molecule has 4 heterocycles. The highest BCUT2D eigenvalue weighted by Gasteiger charge is 2.52. The molecular formula is C44H30N4S2. The Hall–Kier alpha value is -5.69. The summed E-state index contributed by atoms with van der Waals surface area (Å²) >= 11 is 3.71. The van der Waals surface area contributed by atoms with Crippen LogP contribution in [-0.4, -0.2) is 15.0 Å². The number of hydrogen-bond acceptors (Lipinski definition) is 6. The maximum Gasteiger partial charge on any atom is 0.164 e. The Labute approximate surface area is 299 Å². The van der Waals surface area contributed by atoms with Gasteiger partial charge in [-0.05, 0) is 94.4 Å². The minimum Gasteiger partial charge on any atom is -0.310 e. The van der Waals surface area contributed by atoms with Crippen molar-refractivity contribution < 1.29 is 0 Å². The maximum absolute atomic E-state index is 5.06. The van der Waals surface area contributed by atoms with Gasteiger partial charge in [0.15, 0.2) is 17.5 Å². The second-order valence-corrected chi connectivity index (χ2v) is 14.8. The van der Waals surface area contributed by atoms with Gasteiger partial charge in [-0.2, -0.15) is 0 Å². The van der Waals surface area contributed by atoms with Gasteiger partial charge in [0.25, 0.3) is 0 Å². The molecule has 2 aliphatic rings. The summed E-state index contributed by atoms with van der Waals surface area (Å²) in [7, 11) is 0. The third-order valence-corrected chi connectivity index (χ3v) is 12.2. The van der Waals surface area contributed by atoms with Gasteiger partial charge >= 0.3 is 0 Å². The molecule has 50 heavy (non-hydrogen) atoms. The van der Waals surface area contributed by atoms with Gasteiger partial charge in [0, 0.05) is 32.1 Å². The minimum absolute atomic E-state index is 0.357. The quantitative estimate of drug-likeness (QED) is 0.186. The molecule has 0 amide bonds. The molecule has 1 aliphatic carbocycles. The molecule has 6 heteroatoms. The predicted molar refractivity (Wildman–Crippen MR) is 207 cm³/mol. The van der Waals surface area contributed by atoms with Gasteiger partial charge in [-0.15, -0.1) is 22.7 Å².